The normalized spacial score (nSPS) is 15.7. The van der Waals surface area contributed by atoms with Crippen LogP contribution in [-0.4, -0.2) is 43.3 Å². The van der Waals surface area contributed by atoms with Crippen molar-refractivity contribution in [1.82, 2.24) is 4.98 Å². The smallest absolute Gasteiger partial charge is 0.417 e. The minimum atomic E-state index is -4.45. The van der Waals surface area contributed by atoms with Gasteiger partial charge < -0.3 is 15.3 Å². The summed E-state index contributed by atoms with van der Waals surface area (Å²) in [5.74, 6) is -0.698. The summed E-state index contributed by atoms with van der Waals surface area (Å²) in [4.78, 5) is 18.3. The first-order valence-electron chi connectivity index (χ1n) is 9.66. The highest BCUT2D eigenvalue weighted by Crippen LogP contribution is 2.31. The number of hydrogen-bond acceptors (Lipinski definition) is 6. The van der Waals surface area contributed by atoms with Gasteiger partial charge in [0, 0.05) is 25.2 Å². The number of aromatic hydroxyl groups is 1. The summed E-state index contributed by atoms with van der Waals surface area (Å²) in [5.41, 5.74) is -0.802. The molecule has 3 rings (SSSR count). The third-order valence-electron chi connectivity index (χ3n) is 5.23. The summed E-state index contributed by atoms with van der Waals surface area (Å²) < 4.78 is 62.1. The van der Waals surface area contributed by atoms with Crippen LogP contribution < -0.4 is 10.2 Å². The van der Waals surface area contributed by atoms with Crippen molar-refractivity contribution < 1.29 is 31.5 Å². The summed E-state index contributed by atoms with van der Waals surface area (Å²) in [5, 5.41) is 12.6. The van der Waals surface area contributed by atoms with E-state index in [1.807, 2.05) is 0 Å². The molecule has 31 heavy (non-hydrogen) atoms. The van der Waals surface area contributed by atoms with E-state index in [0.29, 0.717) is 31.7 Å². The molecule has 2 aromatic rings. The number of rotatable bonds is 5. The Morgan fingerprint density at radius 1 is 1.23 bits per heavy atom. The lowest BCUT2D eigenvalue weighted by Crippen LogP contribution is -2.38. The van der Waals surface area contributed by atoms with Crippen LogP contribution in [-0.2, 0) is 20.8 Å². The average Bonchev–Trinajstić information content (AvgIpc) is 2.74. The van der Waals surface area contributed by atoms with Crippen LogP contribution in [0.5, 0.6) is 5.75 Å². The van der Waals surface area contributed by atoms with Gasteiger partial charge in [-0.25, -0.2) is 13.4 Å². The highest BCUT2D eigenvalue weighted by molar-refractivity contribution is 7.91. The topological polar surface area (TPSA) is 99.6 Å². The molecule has 7 nitrogen and oxygen atoms in total. The van der Waals surface area contributed by atoms with Crippen molar-refractivity contribution in [3.05, 3.63) is 42.1 Å². The Morgan fingerprint density at radius 2 is 1.90 bits per heavy atom. The van der Waals surface area contributed by atoms with Gasteiger partial charge in [-0.2, -0.15) is 13.2 Å². The molecule has 0 atom stereocenters. The molecule has 0 unspecified atom stereocenters. The molecule has 0 saturated carbocycles. The Bertz CT molecular complexity index is 1050. The molecule has 0 spiro atoms. The number of amides is 1. The lowest BCUT2D eigenvalue weighted by atomic mass is 9.95. The predicted octanol–water partition coefficient (Wildman–Crippen LogP) is 3.45. The number of hydrogen-bond donors (Lipinski definition) is 2. The van der Waals surface area contributed by atoms with Crippen LogP contribution in [0.2, 0.25) is 0 Å². The number of carbonyl (C=O) groups is 1. The van der Waals surface area contributed by atoms with Gasteiger partial charge in [0.15, 0.2) is 9.84 Å². The second-order valence-electron chi connectivity index (χ2n) is 7.24. The van der Waals surface area contributed by atoms with E-state index in [1.165, 1.54) is 31.2 Å². The number of nitrogens with zero attached hydrogens (tertiary/aromatic N) is 2. The van der Waals surface area contributed by atoms with E-state index in [0.717, 1.165) is 12.3 Å². The number of benzene rings is 1. The molecule has 1 fully saturated rings. The first kappa shape index (κ1) is 22.9. The number of pyridine rings is 1. The minimum Gasteiger partial charge on any atom is -0.506 e. The Morgan fingerprint density at radius 3 is 2.45 bits per heavy atom. The number of nitrogens with one attached hydrogen (secondary N) is 1. The lowest BCUT2D eigenvalue weighted by molar-refractivity contribution is -0.137. The van der Waals surface area contributed by atoms with Crippen molar-refractivity contribution in [3.63, 3.8) is 0 Å². The molecular weight excluding hydrogens is 435 g/mol. The number of halogens is 3. The number of carbonyl (C=O) groups excluding carboxylic acids is 1. The maximum absolute atomic E-state index is 12.7. The van der Waals surface area contributed by atoms with Crippen LogP contribution in [0.1, 0.15) is 25.3 Å². The zero-order valence-corrected chi connectivity index (χ0v) is 17.5. The van der Waals surface area contributed by atoms with Gasteiger partial charge in [0.1, 0.15) is 11.6 Å². The zero-order valence-electron chi connectivity index (χ0n) is 16.7. The molecule has 1 aliphatic heterocycles. The first-order valence-corrected chi connectivity index (χ1v) is 11.3. The van der Waals surface area contributed by atoms with Crippen LogP contribution in [0.15, 0.2) is 41.4 Å². The van der Waals surface area contributed by atoms with Crippen LogP contribution in [0, 0.1) is 5.92 Å². The summed E-state index contributed by atoms with van der Waals surface area (Å²) in [6.07, 6.45) is -2.80. The lowest BCUT2D eigenvalue weighted by Gasteiger charge is -2.32. The van der Waals surface area contributed by atoms with Crippen molar-refractivity contribution in [2.24, 2.45) is 5.92 Å². The van der Waals surface area contributed by atoms with Crippen LogP contribution in [0.25, 0.3) is 0 Å². The molecule has 1 aromatic carbocycles. The van der Waals surface area contributed by atoms with Gasteiger partial charge in [0.2, 0.25) is 5.91 Å². The number of alkyl halides is 3. The molecule has 1 aliphatic rings. The molecule has 168 valence electrons. The standard InChI is InChI=1S/C20H22F3N3O4S/c1-2-31(29,30)15-4-5-17(27)16(11-15)25-19(28)13-7-9-26(10-8-13)18-6-3-14(12-24-18)20(21,22)23/h3-6,11-13,27H,2,7-10H2,1H3,(H,25,28). The molecule has 0 aliphatic carbocycles. The third kappa shape index (κ3) is 5.27. The monoisotopic (exact) mass is 457 g/mol. The average molecular weight is 457 g/mol. The molecule has 1 aromatic heterocycles. The van der Waals surface area contributed by atoms with Gasteiger partial charge >= 0.3 is 6.18 Å². The number of piperidine rings is 1. The molecule has 11 heteroatoms. The molecule has 2 heterocycles. The van der Waals surface area contributed by atoms with E-state index >= 15 is 0 Å². The first-order chi connectivity index (χ1) is 14.5. The molecule has 0 radical (unpaired) electrons. The summed E-state index contributed by atoms with van der Waals surface area (Å²) in [6, 6.07) is 6.01. The van der Waals surface area contributed by atoms with E-state index in [-0.39, 0.29) is 28.0 Å². The SMILES string of the molecule is CCS(=O)(=O)c1ccc(O)c(NC(=O)C2CCN(c3ccc(C(F)(F)F)cn3)CC2)c1. The quantitative estimate of drug-likeness (QED) is 0.668. The minimum absolute atomic E-state index is 0.00583. The van der Waals surface area contributed by atoms with Crippen molar-refractivity contribution in [3.8, 4) is 5.75 Å². The fourth-order valence-electron chi connectivity index (χ4n) is 3.32. The van der Waals surface area contributed by atoms with E-state index in [9.17, 15) is 31.5 Å². The highest BCUT2D eigenvalue weighted by atomic mass is 32.2. The van der Waals surface area contributed by atoms with Crippen molar-refractivity contribution in [1.29, 1.82) is 0 Å². The second-order valence-corrected chi connectivity index (χ2v) is 9.51. The van der Waals surface area contributed by atoms with Gasteiger partial charge in [0.05, 0.1) is 21.9 Å². The van der Waals surface area contributed by atoms with Crippen molar-refractivity contribution in [2.75, 3.05) is 29.1 Å². The second kappa shape index (κ2) is 8.74. The van der Waals surface area contributed by atoms with Crippen molar-refractivity contribution >= 4 is 27.2 Å². The van der Waals surface area contributed by atoms with Gasteiger partial charge in [0.25, 0.3) is 0 Å². The van der Waals surface area contributed by atoms with Crippen LogP contribution >= 0.6 is 0 Å². The number of aromatic nitrogens is 1. The Balaban J connectivity index is 1.63. The highest BCUT2D eigenvalue weighted by Gasteiger charge is 2.31. The molecule has 1 amide bonds. The van der Waals surface area contributed by atoms with E-state index < -0.39 is 27.5 Å². The van der Waals surface area contributed by atoms with E-state index in [2.05, 4.69) is 10.3 Å². The molecule has 2 N–H and O–H groups in total. The van der Waals surface area contributed by atoms with Gasteiger partial charge in [-0.3, -0.25) is 4.79 Å². The van der Waals surface area contributed by atoms with Gasteiger partial charge in [-0.05, 0) is 43.2 Å². The van der Waals surface area contributed by atoms with Crippen molar-refractivity contribution in [2.45, 2.75) is 30.8 Å². The van der Waals surface area contributed by atoms with Gasteiger partial charge in [-0.15, -0.1) is 0 Å². The Hall–Kier alpha value is -2.82. The van der Waals surface area contributed by atoms with Crippen LogP contribution in [0.4, 0.5) is 24.7 Å². The zero-order chi connectivity index (χ0) is 22.8. The molecular formula is C20H22F3N3O4S. The number of sulfone groups is 1. The Labute approximate surface area is 177 Å². The number of anilines is 2. The van der Waals surface area contributed by atoms with Crippen LogP contribution in [0.3, 0.4) is 0 Å². The Kier molecular flexibility index (Phi) is 6.44. The third-order valence-corrected chi connectivity index (χ3v) is 6.96. The summed E-state index contributed by atoms with van der Waals surface area (Å²) in [7, 11) is -3.49. The van der Waals surface area contributed by atoms with E-state index in [1.54, 1.807) is 4.90 Å². The molecule has 1 saturated heterocycles. The summed E-state index contributed by atoms with van der Waals surface area (Å²) >= 11 is 0. The molecule has 0 bridgehead atoms. The largest absolute Gasteiger partial charge is 0.506 e. The summed E-state index contributed by atoms with van der Waals surface area (Å²) in [6.45, 7) is 2.35. The van der Waals surface area contributed by atoms with E-state index in [4.69, 9.17) is 0 Å². The fraction of sp³-hybridized carbons (Fsp3) is 0.400. The fourth-order valence-corrected chi connectivity index (χ4v) is 4.23. The number of phenolic OH excluding ortho intramolecular Hbond substituents is 1. The number of phenols is 1. The maximum Gasteiger partial charge on any atom is 0.417 e. The van der Waals surface area contributed by atoms with Gasteiger partial charge in [-0.1, -0.05) is 6.92 Å². The predicted molar refractivity (Wildman–Crippen MR) is 109 cm³/mol. The maximum atomic E-state index is 12.7.